The lowest BCUT2D eigenvalue weighted by Crippen LogP contribution is -2.20. The van der Waals surface area contributed by atoms with Crippen LogP contribution in [0.4, 0.5) is 5.13 Å². The molecule has 0 aliphatic heterocycles. The van der Waals surface area contributed by atoms with Gasteiger partial charge in [-0.2, -0.15) is 0 Å². The maximum Gasteiger partial charge on any atom is 0.252 e. The second kappa shape index (κ2) is 5.02. The third-order valence-electron chi connectivity index (χ3n) is 1.32. The van der Waals surface area contributed by atoms with Crippen molar-refractivity contribution < 1.29 is 9.53 Å². The van der Waals surface area contributed by atoms with Crippen LogP contribution in [-0.4, -0.2) is 28.8 Å². The van der Waals surface area contributed by atoms with E-state index in [0.29, 0.717) is 5.13 Å². The summed E-state index contributed by atoms with van der Waals surface area (Å²) in [6, 6.07) is 0. The Labute approximate surface area is 86.5 Å². The van der Waals surface area contributed by atoms with Crippen molar-refractivity contribution in [1.29, 1.82) is 0 Å². The minimum Gasteiger partial charge on any atom is -0.369 e. The number of carbonyl (C=O) groups is 1. The molecule has 0 spiro atoms. The van der Waals surface area contributed by atoms with Crippen LogP contribution in [0.25, 0.3) is 0 Å². The number of hydrogen-bond acceptors (Lipinski definition) is 5. The molecule has 1 rings (SSSR count). The molecule has 1 N–H and O–H groups in total. The molecule has 1 aromatic rings. The first-order valence-corrected chi connectivity index (χ1v) is 5.11. The Morgan fingerprint density at radius 3 is 2.79 bits per heavy atom. The van der Waals surface area contributed by atoms with Crippen molar-refractivity contribution in [3.63, 3.8) is 0 Å². The topological polar surface area (TPSA) is 64.1 Å². The Balaban J connectivity index is 2.34. The van der Waals surface area contributed by atoms with Crippen molar-refractivity contribution in [2.45, 2.75) is 26.9 Å². The van der Waals surface area contributed by atoms with E-state index in [0.717, 1.165) is 5.01 Å². The standard InChI is InChI=1S/C8H13N3O2S/c1-5(2)13-4-7(12)9-8-11-10-6(3)14-8/h5H,4H2,1-3H3,(H,9,11,12). The normalized spacial score (nSPS) is 10.6. The van der Waals surface area contributed by atoms with Gasteiger partial charge in [-0.05, 0) is 20.8 Å². The first-order valence-electron chi connectivity index (χ1n) is 4.29. The largest absolute Gasteiger partial charge is 0.369 e. The van der Waals surface area contributed by atoms with Crippen LogP contribution < -0.4 is 5.32 Å². The van der Waals surface area contributed by atoms with Gasteiger partial charge in [-0.1, -0.05) is 11.3 Å². The van der Waals surface area contributed by atoms with Gasteiger partial charge in [-0.15, -0.1) is 10.2 Å². The van der Waals surface area contributed by atoms with Crippen molar-refractivity contribution >= 4 is 22.4 Å². The summed E-state index contributed by atoms with van der Waals surface area (Å²) in [7, 11) is 0. The fourth-order valence-corrected chi connectivity index (χ4v) is 1.35. The van der Waals surface area contributed by atoms with Gasteiger partial charge in [-0.3, -0.25) is 10.1 Å². The van der Waals surface area contributed by atoms with Gasteiger partial charge in [0.05, 0.1) is 6.10 Å². The second-order valence-electron chi connectivity index (χ2n) is 3.03. The summed E-state index contributed by atoms with van der Waals surface area (Å²) in [5.74, 6) is -0.199. The summed E-state index contributed by atoms with van der Waals surface area (Å²) in [4.78, 5) is 11.2. The zero-order valence-corrected chi connectivity index (χ0v) is 9.22. The number of rotatable bonds is 4. The van der Waals surface area contributed by atoms with E-state index in [2.05, 4.69) is 15.5 Å². The number of carbonyl (C=O) groups excluding carboxylic acids is 1. The molecule has 0 radical (unpaired) electrons. The van der Waals surface area contributed by atoms with Gasteiger partial charge in [0.15, 0.2) is 0 Å². The fourth-order valence-electron chi connectivity index (χ4n) is 0.745. The molecule has 1 heterocycles. The van der Waals surface area contributed by atoms with Crippen LogP contribution >= 0.6 is 11.3 Å². The minimum absolute atomic E-state index is 0.0519. The van der Waals surface area contributed by atoms with E-state index in [1.54, 1.807) is 0 Å². The van der Waals surface area contributed by atoms with E-state index in [-0.39, 0.29) is 18.6 Å². The van der Waals surface area contributed by atoms with Crippen LogP contribution in [0.1, 0.15) is 18.9 Å². The molecule has 78 valence electrons. The van der Waals surface area contributed by atoms with E-state index >= 15 is 0 Å². The molecule has 0 unspecified atom stereocenters. The molecule has 0 aliphatic carbocycles. The fraction of sp³-hybridized carbons (Fsp3) is 0.625. The molecule has 0 atom stereocenters. The number of nitrogens with zero attached hydrogens (tertiary/aromatic N) is 2. The number of aromatic nitrogens is 2. The second-order valence-corrected chi connectivity index (χ2v) is 4.22. The van der Waals surface area contributed by atoms with Crippen molar-refractivity contribution in [2.75, 3.05) is 11.9 Å². The molecule has 1 amide bonds. The van der Waals surface area contributed by atoms with E-state index in [9.17, 15) is 4.79 Å². The third kappa shape index (κ3) is 3.80. The highest BCUT2D eigenvalue weighted by molar-refractivity contribution is 7.15. The molecule has 0 saturated heterocycles. The Morgan fingerprint density at radius 2 is 2.29 bits per heavy atom. The zero-order chi connectivity index (χ0) is 10.6. The Kier molecular flexibility index (Phi) is 3.97. The van der Waals surface area contributed by atoms with Crippen molar-refractivity contribution in [3.05, 3.63) is 5.01 Å². The van der Waals surface area contributed by atoms with Crippen LogP contribution in [0.15, 0.2) is 0 Å². The molecule has 5 nitrogen and oxygen atoms in total. The smallest absolute Gasteiger partial charge is 0.252 e. The summed E-state index contributed by atoms with van der Waals surface area (Å²) >= 11 is 1.34. The van der Waals surface area contributed by atoms with Gasteiger partial charge in [0, 0.05) is 0 Å². The van der Waals surface area contributed by atoms with Crippen molar-refractivity contribution in [1.82, 2.24) is 10.2 Å². The Hall–Kier alpha value is -1.01. The molecular weight excluding hydrogens is 202 g/mol. The van der Waals surface area contributed by atoms with Crippen molar-refractivity contribution in [3.8, 4) is 0 Å². The summed E-state index contributed by atoms with van der Waals surface area (Å²) in [5, 5.41) is 11.5. The molecular formula is C8H13N3O2S. The number of anilines is 1. The maximum absolute atomic E-state index is 11.2. The molecule has 0 aromatic carbocycles. The molecule has 6 heteroatoms. The number of hydrogen-bond donors (Lipinski definition) is 1. The lowest BCUT2D eigenvalue weighted by molar-refractivity contribution is -0.121. The first kappa shape index (κ1) is 11.1. The molecule has 0 bridgehead atoms. The Morgan fingerprint density at radius 1 is 1.57 bits per heavy atom. The van der Waals surface area contributed by atoms with Crippen LogP contribution in [0.2, 0.25) is 0 Å². The van der Waals surface area contributed by atoms with Crippen LogP contribution in [-0.2, 0) is 9.53 Å². The average Bonchev–Trinajstić information content (AvgIpc) is 2.48. The predicted octanol–water partition coefficient (Wildman–Crippen LogP) is 1.21. The summed E-state index contributed by atoms with van der Waals surface area (Å²) in [6.07, 6.45) is 0.0527. The third-order valence-corrected chi connectivity index (χ3v) is 2.07. The lowest BCUT2D eigenvalue weighted by Gasteiger charge is -2.05. The van der Waals surface area contributed by atoms with Crippen LogP contribution in [0.3, 0.4) is 0 Å². The molecule has 14 heavy (non-hydrogen) atoms. The highest BCUT2D eigenvalue weighted by Crippen LogP contribution is 2.13. The first-order chi connectivity index (χ1) is 6.58. The molecule has 0 fully saturated rings. The van der Waals surface area contributed by atoms with Crippen LogP contribution in [0, 0.1) is 6.92 Å². The minimum atomic E-state index is -0.199. The maximum atomic E-state index is 11.2. The van der Waals surface area contributed by atoms with Gasteiger partial charge in [0.1, 0.15) is 11.6 Å². The quantitative estimate of drug-likeness (QED) is 0.820. The number of nitrogens with one attached hydrogen (secondary N) is 1. The zero-order valence-electron chi connectivity index (χ0n) is 8.40. The SMILES string of the molecule is Cc1nnc(NC(=O)COC(C)C)s1. The molecule has 0 saturated carbocycles. The van der Waals surface area contributed by atoms with Gasteiger partial charge >= 0.3 is 0 Å². The van der Waals surface area contributed by atoms with Gasteiger partial charge in [0.2, 0.25) is 5.13 Å². The summed E-state index contributed by atoms with van der Waals surface area (Å²) in [6.45, 7) is 5.64. The van der Waals surface area contributed by atoms with Crippen LogP contribution in [0.5, 0.6) is 0 Å². The van der Waals surface area contributed by atoms with E-state index in [1.165, 1.54) is 11.3 Å². The average molecular weight is 215 g/mol. The van der Waals surface area contributed by atoms with Gasteiger partial charge in [0.25, 0.3) is 5.91 Å². The highest BCUT2D eigenvalue weighted by atomic mass is 32.1. The molecule has 0 aliphatic rings. The predicted molar refractivity (Wildman–Crippen MR) is 54.4 cm³/mol. The summed E-state index contributed by atoms with van der Waals surface area (Å²) < 4.78 is 5.13. The highest BCUT2D eigenvalue weighted by Gasteiger charge is 2.06. The Bertz CT molecular complexity index is 311. The monoisotopic (exact) mass is 215 g/mol. The van der Waals surface area contributed by atoms with Crippen molar-refractivity contribution in [2.24, 2.45) is 0 Å². The van der Waals surface area contributed by atoms with Gasteiger partial charge in [-0.25, -0.2) is 0 Å². The number of aryl methyl sites for hydroxylation is 1. The number of ether oxygens (including phenoxy) is 1. The lowest BCUT2D eigenvalue weighted by atomic mass is 10.5. The summed E-state index contributed by atoms with van der Waals surface area (Å²) in [5.41, 5.74) is 0. The molecule has 1 aromatic heterocycles. The van der Waals surface area contributed by atoms with E-state index in [4.69, 9.17) is 4.74 Å². The van der Waals surface area contributed by atoms with Gasteiger partial charge < -0.3 is 4.74 Å². The van der Waals surface area contributed by atoms with E-state index < -0.39 is 0 Å². The number of amides is 1. The van der Waals surface area contributed by atoms with E-state index in [1.807, 2.05) is 20.8 Å².